The van der Waals surface area contributed by atoms with Gasteiger partial charge in [0.1, 0.15) is 5.82 Å². The minimum atomic E-state index is -0.229. The van der Waals surface area contributed by atoms with Crippen LogP contribution in [0.2, 0.25) is 0 Å². The normalized spacial score (nSPS) is 27.6. The Kier molecular flexibility index (Phi) is 4.60. The SMILES string of the molecule is CC(C)(C)C1CCCCC1(N)Cc1cccc(F)c1Br. The number of halogens is 2. The smallest absolute Gasteiger partial charge is 0.137 e. The molecule has 1 nitrogen and oxygen atoms in total. The number of rotatable bonds is 2. The molecule has 0 aliphatic heterocycles. The zero-order valence-electron chi connectivity index (χ0n) is 12.7. The van der Waals surface area contributed by atoms with Crippen LogP contribution in [-0.4, -0.2) is 5.54 Å². The third kappa shape index (κ3) is 3.25. The van der Waals surface area contributed by atoms with Crippen LogP contribution in [0.5, 0.6) is 0 Å². The number of benzene rings is 1. The third-order valence-electron chi connectivity index (χ3n) is 4.68. The van der Waals surface area contributed by atoms with Crippen LogP contribution in [-0.2, 0) is 6.42 Å². The van der Waals surface area contributed by atoms with Gasteiger partial charge >= 0.3 is 0 Å². The molecule has 1 aromatic carbocycles. The van der Waals surface area contributed by atoms with Gasteiger partial charge in [0.05, 0.1) is 4.47 Å². The fraction of sp³-hybridized carbons (Fsp3) is 0.647. The molecule has 0 heterocycles. The van der Waals surface area contributed by atoms with Crippen molar-refractivity contribution < 1.29 is 4.39 Å². The standard InChI is InChI=1S/C17H25BrFN/c1-16(2,3)14-9-4-5-10-17(14,20)11-12-7-6-8-13(19)15(12)18/h6-8,14H,4-5,9-11,20H2,1-3H3. The molecule has 1 fully saturated rings. The first-order chi connectivity index (χ1) is 9.24. The number of hydrogen-bond donors (Lipinski definition) is 1. The van der Waals surface area contributed by atoms with Gasteiger partial charge in [0.2, 0.25) is 0 Å². The van der Waals surface area contributed by atoms with Gasteiger partial charge in [0, 0.05) is 5.54 Å². The second-order valence-corrected chi connectivity index (χ2v) is 8.08. The minimum absolute atomic E-state index is 0.189. The maximum Gasteiger partial charge on any atom is 0.137 e. The topological polar surface area (TPSA) is 26.0 Å². The van der Waals surface area contributed by atoms with Crippen molar-refractivity contribution in [1.29, 1.82) is 0 Å². The van der Waals surface area contributed by atoms with Crippen LogP contribution in [0.3, 0.4) is 0 Å². The van der Waals surface area contributed by atoms with E-state index in [-0.39, 0.29) is 16.8 Å². The number of hydrogen-bond acceptors (Lipinski definition) is 1. The van der Waals surface area contributed by atoms with Gasteiger partial charge in [0.25, 0.3) is 0 Å². The quantitative estimate of drug-likeness (QED) is 0.798. The Morgan fingerprint density at radius 2 is 2.05 bits per heavy atom. The fourth-order valence-corrected chi connectivity index (χ4v) is 4.22. The van der Waals surface area contributed by atoms with E-state index < -0.39 is 0 Å². The van der Waals surface area contributed by atoms with Crippen LogP contribution >= 0.6 is 15.9 Å². The van der Waals surface area contributed by atoms with E-state index in [1.807, 2.05) is 6.07 Å². The third-order valence-corrected chi connectivity index (χ3v) is 5.56. The lowest BCUT2D eigenvalue weighted by Gasteiger charge is -2.48. The molecule has 2 rings (SSSR count). The second-order valence-electron chi connectivity index (χ2n) is 7.29. The molecule has 2 N–H and O–H groups in total. The van der Waals surface area contributed by atoms with Crippen molar-refractivity contribution in [3.63, 3.8) is 0 Å². The molecule has 0 bridgehead atoms. The lowest BCUT2D eigenvalue weighted by Crippen LogP contribution is -2.55. The van der Waals surface area contributed by atoms with Crippen molar-refractivity contribution in [2.45, 2.75) is 58.4 Å². The molecule has 1 aliphatic carbocycles. The molecule has 3 heteroatoms. The van der Waals surface area contributed by atoms with Gasteiger partial charge in [-0.25, -0.2) is 4.39 Å². The maximum atomic E-state index is 13.7. The fourth-order valence-electron chi connectivity index (χ4n) is 3.81. The van der Waals surface area contributed by atoms with Gasteiger partial charge < -0.3 is 5.73 Å². The molecule has 1 aromatic rings. The summed E-state index contributed by atoms with van der Waals surface area (Å²) in [5.41, 5.74) is 7.75. The summed E-state index contributed by atoms with van der Waals surface area (Å²) in [6.45, 7) is 6.81. The predicted octanol–water partition coefficient (Wildman–Crippen LogP) is 5.06. The predicted molar refractivity (Wildman–Crippen MR) is 86.1 cm³/mol. The van der Waals surface area contributed by atoms with Crippen LogP contribution in [0.15, 0.2) is 22.7 Å². The monoisotopic (exact) mass is 341 g/mol. The Balaban J connectivity index is 2.30. The lowest BCUT2D eigenvalue weighted by atomic mass is 9.61. The first kappa shape index (κ1) is 16.0. The Morgan fingerprint density at radius 3 is 2.70 bits per heavy atom. The average molecular weight is 342 g/mol. The van der Waals surface area contributed by atoms with Gasteiger partial charge in [-0.05, 0) is 58.2 Å². The lowest BCUT2D eigenvalue weighted by molar-refractivity contribution is 0.0791. The molecular formula is C17H25BrFN. The molecule has 0 saturated heterocycles. The molecular weight excluding hydrogens is 317 g/mol. The van der Waals surface area contributed by atoms with Gasteiger partial charge in [0.15, 0.2) is 0 Å². The van der Waals surface area contributed by atoms with Crippen LogP contribution in [0.4, 0.5) is 4.39 Å². The van der Waals surface area contributed by atoms with E-state index in [0.29, 0.717) is 10.4 Å². The molecule has 1 aliphatic rings. The van der Waals surface area contributed by atoms with Gasteiger partial charge in [-0.15, -0.1) is 0 Å². The first-order valence-corrected chi connectivity index (χ1v) is 8.25. The summed E-state index contributed by atoms with van der Waals surface area (Å²) < 4.78 is 14.3. The molecule has 112 valence electrons. The Morgan fingerprint density at radius 1 is 1.35 bits per heavy atom. The number of nitrogens with two attached hydrogens (primary N) is 1. The van der Waals surface area contributed by atoms with Gasteiger partial charge in [-0.3, -0.25) is 0 Å². The highest BCUT2D eigenvalue weighted by molar-refractivity contribution is 9.10. The second kappa shape index (κ2) is 5.76. The van der Waals surface area contributed by atoms with Crippen molar-refractivity contribution in [3.8, 4) is 0 Å². The highest BCUT2D eigenvalue weighted by atomic mass is 79.9. The van der Waals surface area contributed by atoms with E-state index in [0.717, 1.165) is 18.4 Å². The molecule has 2 atom stereocenters. The van der Waals surface area contributed by atoms with E-state index in [9.17, 15) is 4.39 Å². The Labute approximate surface area is 130 Å². The van der Waals surface area contributed by atoms with Crippen molar-refractivity contribution >= 4 is 15.9 Å². The van der Waals surface area contributed by atoms with E-state index in [1.54, 1.807) is 6.07 Å². The summed E-state index contributed by atoms with van der Waals surface area (Å²) >= 11 is 3.37. The summed E-state index contributed by atoms with van der Waals surface area (Å²) in [5.74, 6) is 0.271. The molecule has 0 spiro atoms. The molecule has 0 radical (unpaired) electrons. The maximum absolute atomic E-state index is 13.7. The van der Waals surface area contributed by atoms with E-state index in [2.05, 4.69) is 36.7 Å². The molecule has 20 heavy (non-hydrogen) atoms. The van der Waals surface area contributed by atoms with Crippen LogP contribution in [0.25, 0.3) is 0 Å². The van der Waals surface area contributed by atoms with Crippen molar-refractivity contribution in [2.75, 3.05) is 0 Å². The van der Waals surface area contributed by atoms with Crippen LogP contribution in [0, 0.1) is 17.2 Å². The zero-order valence-corrected chi connectivity index (χ0v) is 14.3. The summed E-state index contributed by atoms with van der Waals surface area (Å²) in [6.07, 6.45) is 5.37. The van der Waals surface area contributed by atoms with Gasteiger partial charge in [-0.1, -0.05) is 45.7 Å². The highest BCUT2D eigenvalue weighted by Crippen LogP contribution is 2.45. The van der Waals surface area contributed by atoms with Gasteiger partial charge in [-0.2, -0.15) is 0 Å². The summed E-state index contributed by atoms with van der Waals surface area (Å²) in [7, 11) is 0. The van der Waals surface area contributed by atoms with E-state index in [4.69, 9.17) is 5.73 Å². The minimum Gasteiger partial charge on any atom is -0.325 e. The van der Waals surface area contributed by atoms with Crippen LogP contribution in [0.1, 0.15) is 52.0 Å². The largest absolute Gasteiger partial charge is 0.325 e. The summed E-state index contributed by atoms with van der Waals surface area (Å²) in [6, 6.07) is 5.24. The average Bonchev–Trinajstić information content (AvgIpc) is 2.34. The summed E-state index contributed by atoms with van der Waals surface area (Å²) in [4.78, 5) is 0. The molecule has 0 amide bonds. The van der Waals surface area contributed by atoms with Crippen molar-refractivity contribution in [3.05, 3.63) is 34.1 Å². The van der Waals surface area contributed by atoms with Crippen LogP contribution < -0.4 is 5.73 Å². The molecule has 0 aromatic heterocycles. The summed E-state index contributed by atoms with van der Waals surface area (Å²) in [5, 5.41) is 0. The molecule has 2 unspecified atom stereocenters. The Bertz CT molecular complexity index is 480. The highest BCUT2D eigenvalue weighted by Gasteiger charge is 2.43. The van der Waals surface area contributed by atoms with E-state index >= 15 is 0 Å². The first-order valence-electron chi connectivity index (χ1n) is 7.46. The zero-order chi connectivity index (χ0) is 15.0. The molecule has 1 saturated carbocycles. The van der Waals surface area contributed by atoms with Crippen molar-refractivity contribution in [2.24, 2.45) is 17.1 Å². The Hall–Kier alpha value is -0.410. The van der Waals surface area contributed by atoms with Crippen molar-refractivity contribution in [1.82, 2.24) is 0 Å². The van der Waals surface area contributed by atoms with E-state index in [1.165, 1.54) is 25.3 Å².